The van der Waals surface area contributed by atoms with E-state index < -0.39 is 11.8 Å². The first-order valence-corrected chi connectivity index (χ1v) is 15.4. The number of halogens is 1. The topological polar surface area (TPSA) is 146 Å². The third-order valence-electron chi connectivity index (χ3n) is 5.35. The molecule has 3 N–H and O–H groups in total. The van der Waals surface area contributed by atoms with Gasteiger partial charge in [-0.1, -0.05) is 0 Å². The Hall–Kier alpha value is -2.24. The van der Waals surface area contributed by atoms with Gasteiger partial charge in [-0.2, -0.15) is 0 Å². The SMILES string of the molecule is CCOC(=O)/C=C/c1cc(F)cc(OCCOCCOCCOCCOCCOCCOCCOCCOCCOCC[NH3+])c1. The molecule has 0 aliphatic rings. The first-order valence-electron chi connectivity index (χ1n) is 15.4. The number of quaternary nitrogens is 1. The van der Waals surface area contributed by atoms with E-state index in [0.717, 1.165) is 6.54 Å². The van der Waals surface area contributed by atoms with Crippen molar-refractivity contribution in [3.8, 4) is 5.75 Å². The molecular weight excluding hydrogens is 597 g/mol. The van der Waals surface area contributed by atoms with Crippen LogP contribution in [0.3, 0.4) is 0 Å². The van der Waals surface area contributed by atoms with Crippen LogP contribution in [-0.4, -0.2) is 145 Å². The van der Waals surface area contributed by atoms with Crippen LogP contribution in [0.1, 0.15) is 12.5 Å². The van der Waals surface area contributed by atoms with Gasteiger partial charge in [0, 0.05) is 12.1 Å². The van der Waals surface area contributed by atoms with Crippen LogP contribution in [0.5, 0.6) is 5.75 Å². The molecular formula is C31H53FNO12+. The Kier molecular flexibility index (Phi) is 28.8. The second-order valence-corrected chi connectivity index (χ2v) is 9.02. The monoisotopic (exact) mass is 650 g/mol. The molecule has 1 rings (SSSR count). The first-order chi connectivity index (χ1) is 22.2. The van der Waals surface area contributed by atoms with Gasteiger partial charge in [-0.05, 0) is 30.7 Å². The van der Waals surface area contributed by atoms with Gasteiger partial charge in [-0.3, -0.25) is 0 Å². The summed E-state index contributed by atoms with van der Waals surface area (Å²) in [6.45, 7) is 11.8. The standard InChI is InChI=1S/C31H52FNO12/c1-2-44-31(34)4-3-28-25-29(32)27-30(26-28)45-24-23-43-22-21-42-20-19-41-18-17-40-16-15-39-14-13-38-12-11-37-10-9-36-8-7-35-6-5-33/h3-4,25-27H,2,5-24,33H2,1H3/p+1/b4-3+. The summed E-state index contributed by atoms with van der Waals surface area (Å²) in [5.74, 6) is -0.615. The lowest BCUT2D eigenvalue weighted by Gasteiger charge is -2.09. The number of rotatable bonds is 33. The predicted molar refractivity (Wildman–Crippen MR) is 163 cm³/mol. The van der Waals surface area contributed by atoms with Gasteiger partial charge in [0.2, 0.25) is 0 Å². The minimum atomic E-state index is -0.490. The molecule has 0 aliphatic heterocycles. The predicted octanol–water partition coefficient (Wildman–Crippen LogP) is 1.17. The maximum absolute atomic E-state index is 13.8. The van der Waals surface area contributed by atoms with Crippen LogP contribution in [0.2, 0.25) is 0 Å². The second-order valence-electron chi connectivity index (χ2n) is 9.02. The molecule has 13 nitrogen and oxygen atoms in total. The molecule has 1 aromatic rings. The average Bonchev–Trinajstić information content (AvgIpc) is 3.03. The van der Waals surface area contributed by atoms with Gasteiger partial charge in [-0.15, -0.1) is 0 Å². The number of carbonyl (C=O) groups is 1. The Bertz CT molecular complexity index is 849. The molecule has 1 aromatic carbocycles. The van der Waals surface area contributed by atoms with Crippen LogP contribution in [0.4, 0.5) is 4.39 Å². The van der Waals surface area contributed by atoms with Gasteiger partial charge < -0.3 is 57.8 Å². The fourth-order valence-corrected chi connectivity index (χ4v) is 3.30. The Morgan fingerprint density at radius 2 is 0.978 bits per heavy atom. The van der Waals surface area contributed by atoms with E-state index in [2.05, 4.69) is 5.73 Å². The molecule has 0 fully saturated rings. The molecule has 260 valence electrons. The summed E-state index contributed by atoms with van der Waals surface area (Å²) in [6, 6.07) is 4.19. The van der Waals surface area contributed by atoms with Crippen molar-refractivity contribution in [2.24, 2.45) is 0 Å². The first kappa shape index (κ1) is 40.8. The van der Waals surface area contributed by atoms with E-state index in [1.807, 2.05) is 0 Å². The van der Waals surface area contributed by atoms with Crippen molar-refractivity contribution < 1.29 is 67.0 Å². The van der Waals surface area contributed by atoms with Crippen LogP contribution in [0.25, 0.3) is 6.08 Å². The molecule has 0 saturated heterocycles. The summed E-state index contributed by atoms with van der Waals surface area (Å²) in [7, 11) is 0. The van der Waals surface area contributed by atoms with E-state index >= 15 is 0 Å². The van der Waals surface area contributed by atoms with Crippen molar-refractivity contribution >= 4 is 12.0 Å². The molecule has 14 heteroatoms. The van der Waals surface area contributed by atoms with Crippen molar-refractivity contribution in [2.45, 2.75) is 6.92 Å². The fourth-order valence-electron chi connectivity index (χ4n) is 3.30. The van der Waals surface area contributed by atoms with E-state index in [1.165, 1.54) is 24.3 Å². The van der Waals surface area contributed by atoms with Gasteiger partial charge in [0.1, 0.15) is 18.2 Å². The fraction of sp³-hybridized carbons (Fsp3) is 0.710. The van der Waals surface area contributed by atoms with Crippen LogP contribution < -0.4 is 10.5 Å². The van der Waals surface area contributed by atoms with E-state index in [0.29, 0.717) is 130 Å². The van der Waals surface area contributed by atoms with E-state index in [4.69, 9.17) is 52.1 Å². The number of esters is 1. The molecule has 0 saturated carbocycles. The molecule has 0 aromatic heterocycles. The number of hydrogen-bond acceptors (Lipinski definition) is 12. The summed E-state index contributed by atoms with van der Waals surface area (Å²) in [4.78, 5) is 11.4. The summed E-state index contributed by atoms with van der Waals surface area (Å²) in [5, 5.41) is 0. The van der Waals surface area contributed by atoms with Crippen molar-refractivity contribution in [3.05, 3.63) is 35.7 Å². The Morgan fingerprint density at radius 3 is 1.36 bits per heavy atom. The highest BCUT2D eigenvalue weighted by molar-refractivity contribution is 5.87. The van der Waals surface area contributed by atoms with Gasteiger partial charge in [-0.25, -0.2) is 9.18 Å². The summed E-state index contributed by atoms with van der Waals surface area (Å²) < 4.78 is 72.9. The number of benzene rings is 1. The maximum atomic E-state index is 13.8. The maximum Gasteiger partial charge on any atom is 0.330 e. The zero-order valence-corrected chi connectivity index (χ0v) is 26.7. The van der Waals surface area contributed by atoms with Gasteiger partial charge >= 0.3 is 5.97 Å². The molecule has 0 spiro atoms. The highest BCUT2D eigenvalue weighted by Crippen LogP contribution is 2.17. The highest BCUT2D eigenvalue weighted by atomic mass is 19.1. The van der Waals surface area contributed by atoms with E-state index in [9.17, 15) is 9.18 Å². The van der Waals surface area contributed by atoms with Crippen LogP contribution in [-0.2, 0) is 52.2 Å². The Morgan fingerprint density at radius 1 is 0.600 bits per heavy atom. The summed E-state index contributed by atoms with van der Waals surface area (Å²) in [5.41, 5.74) is 4.19. The van der Waals surface area contributed by atoms with Crippen molar-refractivity contribution in [1.29, 1.82) is 0 Å². The van der Waals surface area contributed by atoms with Crippen molar-refractivity contribution in [2.75, 3.05) is 139 Å². The molecule has 0 radical (unpaired) electrons. The zero-order chi connectivity index (χ0) is 32.5. The Balaban J connectivity index is 1.79. The molecule has 0 bridgehead atoms. The third-order valence-corrected chi connectivity index (χ3v) is 5.35. The minimum Gasteiger partial charge on any atom is -0.491 e. The minimum absolute atomic E-state index is 0.244. The second kappa shape index (κ2) is 31.7. The lowest BCUT2D eigenvalue weighted by Crippen LogP contribution is -2.52. The van der Waals surface area contributed by atoms with Crippen LogP contribution in [0, 0.1) is 5.82 Å². The lowest BCUT2D eigenvalue weighted by molar-refractivity contribution is -0.374. The molecule has 0 unspecified atom stereocenters. The summed E-state index contributed by atoms with van der Waals surface area (Å²) in [6.07, 6.45) is 2.71. The molecule has 0 amide bonds. The highest BCUT2D eigenvalue weighted by Gasteiger charge is 2.02. The zero-order valence-electron chi connectivity index (χ0n) is 26.7. The smallest absolute Gasteiger partial charge is 0.330 e. The van der Waals surface area contributed by atoms with Crippen molar-refractivity contribution in [1.82, 2.24) is 0 Å². The largest absolute Gasteiger partial charge is 0.491 e. The number of hydrogen-bond donors (Lipinski definition) is 1. The summed E-state index contributed by atoms with van der Waals surface area (Å²) >= 11 is 0. The third kappa shape index (κ3) is 27.8. The molecule has 45 heavy (non-hydrogen) atoms. The van der Waals surface area contributed by atoms with E-state index in [1.54, 1.807) is 13.0 Å². The van der Waals surface area contributed by atoms with Crippen LogP contribution >= 0.6 is 0 Å². The quantitative estimate of drug-likeness (QED) is 0.0662. The van der Waals surface area contributed by atoms with Gasteiger partial charge in [0.05, 0.1) is 132 Å². The van der Waals surface area contributed by atoms with Crippen LogP contribution in [0.15, 0.2) is 24.3 Å². The number of carbonyl (C=O) groups excluding carboxylic acids is 1. The molecule has 0 atom stereocenters. The van der Waals surface area contributed by atoms with Crippen molar-refractivity contribution in [3.63, 3.8) is 0 Å². The van der Waals surface area contributed by atoms with Gasteiger partial charge in [0.25, 0.3) is 0 Å². The average molecular weight is 651 g/mol. The van der Waals surface area contributed by atoms with Gasteiger partial charge in [0.15, 0.2) is 0 Å². The normalized spacial score (nSPS) is 11.4. The van der Waals surface area contributed by atoms with E-state index in [-0.39, 0.29) is 13.2 Å². The Labute approximate surface area is 266 Å². The molecule has 0 heterocycles. The molecule has 0 aliphatic carbocycles. The lowest BCUT2D eigenvalue weighted by atomic mass is 10.2. The number of ether oxygens (including phenoxy) is 11.